The predicted octanol–water partition coefficient (Wildman–Crippen LogP) is 2.77. The number of guanidine groups is 1. The molecule has 0 bridgehead atoms. The Labute approximate surface area is 138 Å². The van der Waals surface area contributed by atoms with Gasteiger partial charge in [-0.25, -0.2) is 0 Å². The van der Waals surface area contributed by atoms with E-state index in [9.17, 15) is 0 Å². The lowest BCUT2D eigenvalue weighted by Gasteiger charge is -2.20. The summed E-state index contributed by atoms with van der Waals surface area (Å²) in [4.78, 5) is 4.33. The van der Waals surface area contributed by atoms with Gasteiger partial charge in [-0.2, -0.15) is 5.10 Å². The van der Waals surface area contributed by atoms with Crippen molar-refractivity contribution in [2.24, 2.45) is 12.0 Å². The zero-order valence-electron chi connectivity index (χ0n) is 14.9. The molecule has 1 unspecified atom stereocenters. The maximum atomic E-state index is 4.45. The third-order valence-corrected chi connectivity index (χ3v) is 4.32. The van der Waals surface area contributed by atoms with Gasteiger partial charge in [0.2, 0.25) is 0 Å². The van der Waals surface area contributed by atoms with Crippen molar-refractivity contribution in [3.8, 4) is 0 Å². The number of aryl methyl sites for hydroxylation is 3. The average molecular weight is 313 g/mol. The van der Waals surface area contributed by atoms with Crippen LogP contribution in [0.4, 0.5) is 0 Å². The van der Waals surface area contributed by atoms with Crippen molar-refractivity contribution in [2.45, 2.75) is 40.3 Å². The van der Waals surface area contributed by atoms with Gasteiger partial charge in [-0.05, 0) is 38.8 Å². The Hall–Kier alpha value is -2.30. The molecule has 1 aromatic heterocycles. The minimum atomic E-state index is 0.193. The maximum Gasteiger partial charge on any atom is 0.191 e. The Bertz CT molecular complexity index is 699. The molecule has 0 aliphatic carbocycles. The van der Waals surface area contributed by atoms with Crippen LogP contribution in [0.3, 0.4) is 0 Å². The van der Waals surface area contributed by atoms with E-state index in [1.54, 1.807) is 7.05 Å². The van der Waals surface area contributed by atoms with Gasteiger partial charge in [0.05, 0.1) is 11.7 Å². The number of nitrogens with zero attached hydrogens (tertiary/aromatic N) is 3. The van der Waals surface area contributed by atoms with E-state index in [2.05, 4.69) is 65.8 Å². The first-order chi connectivity index (χ1) is 10.9. The van der Waals surface area contributed by atoms with Crippen molar-refractivity contribution in [2.75, 3.05) is 7.05 Å². The first-order valence-corrected chi connectivity index (χ1v) is 7.95. The molecule has 0 amide bonds. The molecule has 1 heterocycles. The number of hydrogen-bond acceptors (Lipinski definition) is 2. The first kappa shape index (κ1) is 17.1. The highest BCUT2D eigenvalue weighted by Crippen LogP contribution is 2.16. The fourth-order valence-electron chi connectivity index (χ4n) is 2.80. The molecule has 2 aromatic rings. The van der Waals surface area contributed by atoms with Gasteiger partial charge >= 0.3 is 0 Å². The summed E-state index contributed by atoms with van der Waals surface area (Å²) in [7, 11) is 3.77. The first-order valence-electron chi connectivity index (χ1n) is 7.95. The molecule has 23 heavy (non-hydrogen) atoms. The van der Waals surface area contributed by atoms with E-state index in [0.717, 1.165) is 11.7 Å². The van der Waals surface area contributed by atoms with Crippen molar-refractivity contribution in [1.29, 1.82) is 0 Å². The van der Waals surface area contributed by atoms with Crippen LogP contribution in [0.2, 0.25) is 0 Å². The molecule has 1 aromatic carbocycles. The molecule has 5 nitrogen and oxygen atoms in total. The summed E-state index contributed by atoms with van der Waals surface area (Å²) in [6.45, 7) is 9.12. The van der Waals surface area contributed by atoms with E-state index < -0.39 is 0 Å². The minimum Gasteiger partial charge on any atom is -0.352 e. The van der Waals surface area contributed by atoms with Crippen molar-refractivity contribution in [1.82, 2.24) is 20.4 Å². The van der Waals surface area contributed by atoms with E-state index in [4.69, 9.17) is 0 Å². The molecule has 0 radical (unpaired) electrons. The molecule has 0 aliphatic rings. The molecule has 1 atom stereocenters. The highest BCUT2D eigenvalue weighted by atomic mass is 15.3. The second kappa shape index (κ2) is 7.31. The Morgan fingerprint density at radius 2 is 1.96 bits per heavy atom. The number of rotatable bonds is 4. The SMILES string of the molecule is CN=C(NCc1c(C)nn(C)c1C)NC(C)c1ccccc1C. The summed E-state index contributed by atoms with van der Waals surface area (Å²) >= 11 is 0. The lowest BCUT2D eigenvalue weighted by molar-refractivity contribution is 0.680. The summed E-state index contributed by atoms with van der Waals surface area (Å²) in [6, 6.07) is 8.60. The van der Waals surface area contributed by atoms with Crippen LogP contribution in [-0.4, -0.2) is 22.8 Å². The van der Waals surface area contributed by atoms with Crippen LogP contribution in [0.25, 0.3) is 0 Å². The van der Waals surface area contributed by atoms with E-state index in [-0.39, 0.29) is 6.04 Å². The summed E-state index contributed by atoms with van der Waals surface area (Å²) in [5, 5.41) is 11.3. The van der Waals surface area contributed by atoms with E-state index in [1.807, 2.05) is 18.7 Å². The van der Waals surface area contributed by atoms with E-state index in [1.165, 1.54) is 22.4 Å². The zero-order valence-corrected chi connectivity index (χ0v) is 14.9. The summed E-state index contributed by atoms with van der Waals surface area (Å²) < 4.78 is 1.92. The monoisotopic (exact) mass is 313 g/mol. The summed E-state index contributed by atoms with van der Waals surface area (Å²) in [6.07, 6.45) is 0. The number of aliphatic imine (C=N–C) groups is 1. The standard InChI is InChI=1S/C18H27N5/c1-12-9-7-8-10-16(12)13(2)21-18(19-5)20-11-17-14(3)22-23(6)15(17)4/h7-10,13H,11H2,1-6H3,(H2,19,20,21). The average Bonchev–Trinajstić information content (AvgIpc) is 2.77. The molecule has 2 N–H and O–H groups in total. The number of nitrogens with one attached hydrogen (secondary N) is 2. The predicted molar refractivity (Wildman–Crippen MR) is 95.6 cm³/mol. The smallest absolute Gasteiger partial charge is 0.191 e. The fourth-order valence-corrected chi connectivity index (χ4v) is 2.80. The van der Waals surface area contributed by atoms with Crippen LogP contribution in [0.1, 0.15) is 41.0 Å². The van der Waals surface area contributed by atoms with Crippen LogP contribution < -0.4 is 10.6 Å². The van der Waals surface area contributed by atoms with Crippen molar-refractivity contribution in [3.05, 3.63) is 52.3 Å². The van der Waals surface area contributed by atoms with Crippen molar-refractivity contribution < 1.29 is 0 Å². The topological polar surface area (TPSA) is 54.2 Å². The number of benzene rings is 1. The Kier molecular flexibility index (Phi) is 5.42. The second-order valence-electron chi connectivity index (χ2n) is 5.92. The van der Waals surface area contributed by atoms with Gasteiger partial charge in [-0.1, -0.05) is 24.3 Å². The highest BCUT2D eigenvalue weighted by molar-refractivity contribution is 5.80. The van der Waals surface area contributed by atoms with Crippen molar-refractivity contribution >= 4 is 5.96 Å². The molecule has 124 valence electrons. The van der Waals surface area contributed by atoms with Gasteiger partial charge in [-0.3, -0.25) is 9.67 Å². The van der Waals surface area contributed by atoms with Gasteiger partial charge in [0.15, 0.2) is 5.96 Å². The van der Waals surface area contributed by atoms with Crippen molar-refractivity contribution in [3.63, 3.8) is 0 Å². The third-order valence-electron chi connectivity index (χ3n) is 4.32. The van der Waals surface area contributed by atoms with Crippen LogP contribution in [0.5, 0.6) is 0 Å². The molecule has 0 fully saturated rings. The van der Waals surface area contributed by atoms with Gasteiger partial charge in [0.1, 0.15) is 0 Å². The van der Waals surface area contributed by atoms with Crippen LogP contribution >= 0.6 is 0 Å². The van der Waals surface area contributed by atoms with Gasteiger partial charge < -0.3 is 10.6 Å². The molecule has 0 saturated heterocycles. The summed E-state index contributed by atoms with van der Waals surface area (Å²) in [5.41, 5.74) is 6.02. The quantitative estimate of drug-likeness (QED) is 0.674. The van der Waals surface area contributed by atoms with Gasteiger partial charge in [0.25, 0.3) is 0 Å². The third kappa shape index (κ3) is 3.92. The molecule has 0 saturated carbocycles. The number of hydrogen-bond donors (Lipinski definition) is 2. The summed E-state index contributed by atoms with van der Waals surface area (Å²) in [5.74, 6) is 0.795. The number of aromatic nitrogens is 2. The van der Waals surface area contributed by atoms with Crippen LogP contribution in [0.15, 0.2) is 29.3 Å². The van der Waals surface area contributed by atoms with Gasteiger partial charge in [-0.15, -0.1) is 0 Å². The Morgan fingerprint density at radius 3 is 2.52 bits per heavy atom. The maximum absolute atomic E-state index is 4.45. The lowest BCUT2D eigenvalue weighted by Crippen LogP contribution is -2.38. The normalized spacial score (nSPS) is 13.0. The minimum absolute atomic E-state index is 0.193. The van der Waals surface area contributed by atoms with Crippen LogP contribution in [-0.2, 0) is 13.6 Å². The lowest BCUT2D eigenvalue weighted by atomic mass is 10.0. The molecule has 2 rings (SSSR count). The molecule has 0 aliphatic heterocycles. The molecule has 5 heteroatoms. The highest BCUT2D eigenvalue weighted by Gasteiger charge is 2.12. The van der Waals surface area contributed by atoms with Crippen LogP contribution in [0, 0.1) is 20.8 Å². The Balaban J connectivity index is 2.03. The largest absolute Gasteiger partial charge is 0.352 e. The zero-order chi connectivity index (χ0) is 17.0. The molecule has 0 spiro atoms. The van der Waals surface area contributed by atoms with E-state index >= 15 is 0 Å². The van der Waals surface area contributed by atoms with Gasteiger partial charge in [0, 0.05) is 31.9 Å². The second-order valence-corrected chi connectivity index (χ2v) is 5.92. The fraction of sp³-hybridized carbons (Fsp3) is 0.444. The molecular formula is C18H27N5. The van der Waals surface area contributed by atoms with E-state index in [0.29, 0.717) is 6.54 Å². The Morgan fingerprint density at radius 1 is 1.26 bits per heavy atom. The molecular weight excluding hydrogens is 286 g/mol.